The first-order valence-electron chi connectivity index (χ1n) is 5.37. The van der Waals surface area contributed by atoms with Crippen molar-refractivity contribution in [3.8, 4) is 16.9 Å². The van der Waals surface area contributed by atoms with Crippen LogP contribution in [0.3, 0.4) is 0 Å². The maximum absolute atomic E-state index is 10.5. The van der Waals surface area contributed by atoms with Gasteiger partial charge in [0.1, 0.15) is 5.75 Å². The average Bonchev–Trinajstić information content (AvgIpc) is 2.37. The summed E-state index contributed by atoms with van der Waals surface area (Å²) in [5, 5.41) is 9.24. The van der Waals surface area contributed by atoms with Crippen molar-refractivity contribution in [2.45, 2.75) is 0 Å². The number of carboxylic acids is 1. The van der Waals surface area contributed by atoms with Gasteiger partial charge in [-0.25, -0.2) is 4.79 Å². The van der Waals surface area contributed by atoms with Gasteiger partial charge in [-0.2, -0.15) is 0 Å². The summed E-state index contributed by atoms with van der Waals surface area (Å²) in [4.78, 5) is 10.5. The van der Waals surface area contributed by atoms with Crippen LogP contribution in [0.5, 0.6) is 5.75 Å². The lowest BCUT2D eigenvalue weighted by atomic mass is 10.0. The third-order valence-electron chi connectivity index (χ3n) is 2.40. The van der Waals surface area contributed by atoms with E-state index in [9.17, 15) is 4.79 Å². The van der Waals surface area contributed by atoms with Crippen LogP contribution in [0.15, 0.2) is 48.5 Å². The number of aliphatic carboxylic acids is 1. The highest BCUT2D eigenvalue weighted by molar-refractivity contribution is 6.33. The van der Waals surface area contributed by atoms with Crippen LogP contribution in [0.25, 0.3) is 11.1 Å². The fourth-order valence-electron chi connectivity index (χ4n) is 1.63. The maximum Gasteiger partial charge on any atom is 0.341 e. The van der Waals surface area contributed by atoms with Crippen molar-refractivity contribution in [3.05, 3.63) is 53.6 Å². The van der Waals surface area contributed by atoms with Crippen LogP contribution in [0.4, 0.5) is 0 Å². The molecule has 0 saturated heterocycles. The van der Waals surface area contributed by atoms with Gasteiger partial charge in [-0.15, -0.1) is 0 Å². The van der Waals surface area contributed by atoms with Crippen molar-refractivity contribution in [1.82, 2.24) is 0 Å². The van der Waals surface area contributed by atoms with E-state index in [2.05, 4.69) is 0 Å². The molecule has 2 aromatic carbocycles. The van der Waals surface area contributed by atoms with Crippen molar-refractivity contribution in [2.24, 2.45) is 0 Å². The van der Waals surface area contributed by atoms with E-state index in [1.165, 1.54) is 0 Å². The van der Waals surface area contributed by atoms with Gasteiger partial charge >= 0.3 is 5.97 Å². The summed E-state index contributed by atoms with van der Waals surface area (Å²) in [5.41, 5.74) is 1.60. The number of hydrogen-bond acceptors (Lipinski definition) is 2. The van der Waals surface area contributed by atoms with Crippen LogP contribution in [0, 0.1) is 0 Å². The molecule has 0 bridgehead atoms. The van der Waals surface area contributed by atoms with Gasteiger partial charge in [0.15, 0.2) is 6.61 Å². The first-order chi connectivity index (χ1) is 8.68. The summed E-state index contributed by atoms with van der Waals surface area (Å²) in [6, 6.07) is 14.6. The van der Waals surface area contributed by atoms with Crippen LogP contribution < -0.4 is 4.74 Å². The molecular formula is C14H11ClO3. The molecule has 92 valence electrons. The Morgan fingerprint density at radius 2 is 1.67 bits per heavy atom. The standard InChI is InChI=1S/C14H11ClO3/c15-12-7-3-1-5-10(12)11-6-2-4-8-13(11)18-9-14(16)17/h1-8H,9H2,(H,16,17). The first kappa shape index (κ1) is 12.5. The molecule has 0 atom stereocenters. The molecule has 0 fully saturated rings. The largest absolute Gasteiger partial charge is 0.481 e. The molecule has 0 heterocycles. The lowest BCUT2D eigenvalue weighted by Crippen LogP contribution is -2.09. The van der Waals surface area contributed by atoms with Gasteiger partial charge in [-0.05, 0) is 12.1 Å². The number of rotatable bonds is 4. The molecular weight excluding hydrogens is 252 g/mol. The van der Waals surface area contributed by atoms with E-state index in [1.807, 2.05) is 30.3 Å². The second kappa shape index (κ2) is 5.56. The molecule has 0 aliphatic rings. The van der Waals surface area contributed by atoms with E-state index in [-0.39, 0.29) is 6.61 Å². The van der Waals surface area contributed by atoms with Gasteiger partial charge in [0.2, 0.25) is 0 Å². The molecule has 0 aromatic heterocycles. The van der Waals surface area contributed by atoms with E-state index in [0.717, 1.165) is 11.1 Å². The number of ether oxygens (including phenoxy) is 1. The van der Waals surface area contributed by atoms with Gasteiger partial charge in [0.05, 0.1) is 0 Å². The van der Waals surface area contributed by atoms with Crippen molar-refractivity contribution in [1.29, 1.82) is 0 Å². The predicted octanol–water partition coefficient (Wildman–Crippen LogP) is 3.47. The zero-order valence-corrected chi connectivity index (χ0v) is 10.2. The second-order valence-corrected chi connectivity index (χ2v) is 4.07. The highest BCUT2D eigenvalue weighted by Crippen LogP contribution is 2.34. The zero-order chi connectivity index (χ0) is 13.0. The van der Waals surface area contributed by atoms with Crippen molar-refractivity contribution >= 4 is 17.6 Å². The Kier molecular flexibility index (Phi) is 3.85. The molecule has 4 heteroatoms. The fourth-order valence-corrected chi connectivity index (χ4v) is 1.87. The van der Waals surface area contributed by atoms with Crippen LogP contribution in [-0.2, 0) is 4.79 Å². The van der Waals surface area contributed by atoms with E-state index in [1.54, 1.807) is 18.2 Å². The minimum atomic E-state index is -1.01. The van der Waals surface area contributed by atoms with Gasteiger partial charge in [-0.3, -0.25) is 0 Å². The smallest absolute Gasteiger partial charge is 0.341 e. The predicted molar refractivity (Wildman–Crippen MR) is 70.0 cm³/mol. The summed E-state index contributed by atoms with van der Waals surface area (Å²) in [6.07, 6.45) is 0. The number of para-hydroxylation sites is 1. The molecule has 0 unspecified atom stereocenters. The molecule has 0 radical (unpaired) electrons. The Hall–Kier alpha value is -2.00. The number of carboxylic acid groups (broad SMARTS) is 1. The summed E-state index contributed by atoms with van der Waals surface area (Å²) in [6.45, 7) is -0.374. The van der Waals surface area contributed by atoms with Crippen LogP contribution in [0.2, 0.25) is 5.02 Å². The number of hydrogen-bond donors (Lipinski definition) is 1. The summed E-state index contributed by atoms with van der Waals surface area (Å²) in [5.74, 6) is -0.503. The Balaban J connectivity index is 2.39. The van der Waals surface area contributed by atoms with E-state index >= 15 is 0 Å². The zero-order valence-electron chi connectivity index (χ0n) is 9.47. The minimum Gasteiger partial charge on any atom is -0.481 e. The molecule has 18 heavy (non-hydrogen) atoms. The van der Waals surface area contributed by atoms with Crippen LogP contribution >= 0.6 is 11.6 Å². The SMILES string of the molecule is O=C(O)COc1ccccc1-c1ccccc1Cl. The topological polar surface area (TPSA) is 46.5 Å². The second-order valence-electron chi connectivity index (χ2n) is 3.66. The minimum absolute atomic E-state index is 0.374. The summed E-state index contributed by atoms with van der Waals surface area (Å²) >= 11 is 6.12. The Bertz CT molecular complexity index is 566. The molecule has 2 rings (SSSR count). The van der Waals surface area contributed by atoms with Crippen molar-refractivity contribution < 1.29 is 14.6 Å². The average molecular weight is 263 g/mol. The third-order valence-corrected chi connectivity index (χ3v) is 2.73. The van der Waals surface area contributed by atoms with Gasteiger partial charge in [0, 0.05) is 16.1 Å². The number of carbonyl (C=O) groups is 1. The molecule has 3 nitrogen and oxygen atoms in total. The Morgan fingerprint density at radius 3 is 2.33 bits per heavy atom. The van der Waals surface area contributed by atoms with E-state index < -0.39 is 5.97 Å². The molecule has 0 aliphatic carbocycles. The molecule has 0 aliphatic heterocycles. The van der Waals surface area contributed by atoms with Gasteiger partial charge < -0.3 is 9.84 Å². The van der Waals surface area contributed by atoms with E-state index in [4.69, 9.17) is 21.4 Å². The molecule has 2 aromatic rings. The van der Waals surface area contributed by atoms with Gasteiger partial charge in [0.25, 0.3) is 0 Å². The number of halogens is 1. The van der Waals surface area contributed by atoms with Crippen molar-refractivity contribution in [2.75, 3.05) is 6.61 Å². The lowest BCUT2D eigenvalue weighted by Gasteiger charge is -2.11. The fraction of sp³-hybridized carbons (Fsp3) is 0.0714. The lowest BCUT2D eigenvalue weighted by molar-refractivity contribution is -0.139. The molecule has 0 saturated carbocycles. The molecule has 0 spiro atoms. The van der Waals surface area contributed by atoms with Gasteiger partial charge in [-0.1, -0.05) is 48.0 Å². The molecule has 1 N–H and O–H groups in total. The quantitative estimate of drug-likeness (QED) is 0.918. The highest BCUT2D eigenvalue weighted by atomic mass is 35.5. The van der Waals surface area contributed by atoms with Crippen molar-refractivity contribution in [3.63, 3.8) is 0 Å². The Labute approximate surface area is 110 Å². The monoisotopic (exact) mass is 262 g/mol. The highest BCUT2D eigenvalue weighted by Gasteiger charge is 2.09. The third kappa shape index (κ3) is 2.81. The molecule has 0 amide bonds. The van der Waals surface area contributed by atoms with Crippen LogP contribution in [-0.4, -0.2) is 17.7 Å². The number of benzene rings is 2. The Morgan fingerprint density at radius 1 is 1.06 bits per heavy atom. The summed E-state index contributed by atoms with van der Waals surface area (Å²) < 4.78 is 5.25. The normalized spacial score (nSPS) is 10.1. The first-order valence-corrected chi connectivity index (χ1v) is 5.75. The summed E-state index contributed by atoms with van der Waals surface area (Å²) in [7, 11) is 0. The van der Waals surface area contributed by atoms with E-state index in [0.29, 0.717) is 10.8 Å². The van der Waals surface area contributed by atoms with Crippen LogP contribution in [0.1, 0.15) is 0 Å². The maximum atomic E-state index is 10.5.